The number of esters is 1. The lowest BCUT2D eigenvalue weighted by Crippen LogP contribution is -2.06. The average Bonchev–Trinajstić information content (AvgIpc) is 3.15. The summed E-state index contributed by atoms with van der Waals surface area (Å²) in [6.07, 6.45) is 3.12. The largest absolute Gasteiger partial charge is 0.454 e. The van der Waals surface area contributed by atoms with Crippen LogP contribution in [0.2, 0.25) is 5.02 Å². The highest BCUT2D eigenvalue weighted by atomic mass is 79.9. The number of hydrogen-bond acceptors (Lipinski definition) is 6. The van der Waals surface area contributed by atoms with Crippen LogP contribution in [0.4, 0.5) is 0 Å². The summed E-state index contributed by atoms with van der Waals surface area (Å²) < 4.78 is 16.6. The van der Waals surface area contributed by atoms with Crippen LogP contribution in [0.1, 0.15) is 11.3 Å². The highest BCUT2D eigenvalue weighted by molar-refractivity contribution is 9.10. The fourth-order valence-electron chi connectivity index (χ4n) is 2.27. The number of aliphatic imine (C=N–C) groups is 1. The second kappa shape index (κ2) is 5.92. The van der Waals surface area contributed by atoms with Gasteiger partial charge in [0.1, 0.15) is 5.69 Å². The van der Waals surface area contributed by atoms with E-state index in [1.54, 1.807) is 30.3 Å². The quantitative estimate of drug-likeness (QED) is 0.562. The summed E-state index contributed by atoms with van der Waals surface area (Å²) in [6.45, 7) is 0.165. The van der Waals surface area contributed by atoms with Crippen LogP contribution < -0.4 is 9.47 Å². The van der Waals surface area contributed by atoms with Crippen LogP contribution in [-0.2, 0) is 9.53 Å². The van der Waals surface area contributed by atoms with Crippen molar-refractivity contribution in [1.82, 2.24) is 4.98 Å². The molecule has 1 aromatic heterocycles. The molecule has 24 heavy (non-hydrogen) atoms. The summed E-state index contributed by atoms with van der Waals surface area (Å²) in [4.78, 5) is 20.3. The van der Waals surface area contributed by atoms with E-state index >= 15 is 0 Å². The van der Waals surface area contributed by atoms with Crippen LogP contribution in [-0.4, -0.2) is 23.6 Å². The molecule has 4 rings (SSSR count). The number of carbonyl (C=O) groups is 1. The zero-order chi connectivity index (χ0) is 16.7. The molecule has 0 unspecified atom stereocenters. The lowest BCUT2D eigenvalue weighted by molar-refractivity contribution is -0.129. The van der Waals surface area contributed by atoms with Gasteiger partial charge < -0.3 is 14.2 Å². The Kier molecular flexibility index (Phi) is 3.74. The molecule has 0 atom stereocenters. The SMILES string of the molecule is O=C1OC(c2cc(Cl)ccn2)=N/C1=C\c1cc(Br)c2c(c1)OCO2. The first-order valence-electron chi connectivity index (χ1n) is 6.84. The van der Waals surface area contributed by atoms with Crippen LogP contribution in [0.3, 0.4) is 0 Å². The molecule has 0 fully saturated rings. The van der Waals surface area contributed by atoms with Crippen molar-refractivity contribution in [2.24, 2.45) is 4.99 Å². The summed E-state index contributed by atoms with van der Waals surface area (Å²) >= 11 is 9.32. The molecule has 8 heteroatoms. The molecule has 1 aromatic carbocycles. The average molecular weight is 408 g/mol. The van der Waals surface area contributed by atoms with Crippen LogP contribution in [0.15, 0.2) is 45.6 Å². The number of hydrogen-bond donors (Lipinski definition) is 0. The molecular weight excluding hydrogens is 400 g/mol. The zero-order valence-corrected chi connectivity index (χ0v) is 14.3. The lowest BCUT2D eigenvalue weighted by Gasteiger charge is -2.01. The van der Waals surface area contributed by atoms with E-state index in [2.05, 4.69) is 25.9 Å². The fraction of sp³-hybridized carbons (Fsp3) is 0.0625. The zero-order valence-electron chi connectivity index (χ0n) is 12.0. The molecule has 0 bridgehead atoms. The van der Waals surface area contributed by atoms with Gasteiger partial charge in [0, 0.05) is 11.2 Å². The van der Waals surface area contributed by atoms with Gasteiger partial charge in [0.05, 0.1) is 4.47 Å². The van der Waals surface area contributed by atoms with Gasteiger partial charge in [-0.15, -0.1) is 0 Å². The fourth-order valence-corrected chi connectivity index (χ4v) is 3.00. The van der Waals surface area contributed by atoms with Gasteiger partial charge in [-0.05, 0) is 51.8 Å². The van der Waals surface area contributed by atoms with Crippen molar-refractivity contribution in [3.8, 4) is 11.5 Å². The number of rotatable bonds is 2. The predicted octanol–water partition coefficient (Wildman–Crippen LogP) is 3.57. The third-order valence-electron chi connectivity index (χ3n) is 3.31. The van der Waals surface area contributed by atoms with E-state index in [0.717, 1.165) is 10.0 Å². The van der Waals surface area contributed by atoms with Crippen LogP contribution in [0, 0.1) is 0 Å². The number of ether oxygens (including phenoxy) is 3. The van der Waals surface area contributed by atoms with Gasteiger partial charge in [0.2, 0.25) is 12.7 Å². The second-order valence-electron chi connectivity index (χ2n) is 4.93. The summed E-state index contributed by atoms with van der Waals surface area (Å²) in [6, 6.07) is 6.77. The third kappa shape index (κ3) is 2.76. The first-order chi connectivity index (χ1) is 11.6. The van der Waals surface area contributed by atoms with Crippen molar-refractivity contribution in [3.05, 3.63) is 56.9 Å². The molecule has 0 spiro atoms. The minimum absolute atomic E-state index is 0.119. The van der Waals surface area contributed by atoms with Gasteiger partial charge in [-0.2, -0.15) is 0 Å². The Morgan fingerprint density at radius 1 is 1.25 bits per heavy atom. The second-order valence-corrected chi connectivity index (χ2v) is 6.22. The van der Waals surface area contributed by atoms with Gasteiger partial charge in [-0.25, -0.2) is 9.79 Å². The molecule has 0 saturated carbocycles. The molecule has 0 radical (unpaired) electrons. The Morgan fingerprint density at radius 2 is 2.12 bits per heavy atom. The van der Waals surface area contributed by atoms with Crippen molar-refractivity contribution < 1.29 is 19.0 Å². The molecule has 3 heterocycles. The molecule has 6 nitrogen and oxygen atoms in total. The van der Waals surface area contributed by atoms with Crippen molar-refractivity contribution in [3.63, 3.8) is 0 Å². The standard InChI is InChI=1S/C16H8BrClN2O4/c17-10-3-8(5-13-14(10)23-7-22-13)4-12-16(21)24-15(20-12)11-6-9(18)1-2-19-11/h1-6H,7H2/b12-4-. The summed E-state index contributed by atoms with van der Waals surface area (Å²) in [5.74, 6) is 0.802. The van der Waals surface area contributed by atoms with Crippen molar-refractivity contribution in [2.45, 2.75) is 0 Å². The highest BCUT2D eigenvalue weighted by Gasteiger charge is 2.26. The molecule has 2 aliphatic heterocycles. The maximum absolute atomic E-state index is 12.0. The predicted molar refractivity (Wildman–Crippen MR) is 90.1 cm³/mol. The highest BCUT2D eigenvalue weighted by Crippen LogP contribution is 2.40. The molecule has 0 saturated heterocycles. The number of carbonyl (C=O) groups excluding carboxylic acids is 1. The Balaban J connectivity index is 1.70. The first kappa shape index (κ1) is 15.2. The number of aromatic nitrogens is 1. The Bertz CT molecular complexity index is 926. The minimum Gasteiger partial charge on any atom is -0.454 e. The molecule has 2 aromatic rings. The molecule has 0 N–H and O–H groups in total. The normalized spacial score (nSPS) is 17.2. The summed E-state index contributed by atoms with van der Waals surface area (Å²) in [5, 5.41) is 0.482. The maximum atomic E-state index is 12.0. The number of pyridine rings is 1. The number of halogens is 2. The number of benzene rings is 1. The molecule has 0 amide bonds. The van der Waals surface area contributed by atoms with E-state index in [9.17, 15) is 4.79 Å². The first-order valence-corrected chi connectivity index (χ1v) is 8.01. The monoisotopic (exact) mass is 406 g/mol. The van der Waals surface area contributed by atoms with E-state index < -0.39 is 5.97 Å². The summed E-state index contributed by atoms with van der Waals surface area (Å²) in [5.41, 5.74) is 1.28. The Morgan fingerprint density at radius 3 is 2.96 bits per heavy atom. The van der Waals surface area contributed by atoms with E-state index in [1.165, 1.54) is 6.20 Å². The van der Waals surface area contributed by atoms with Crippen LogP contribution in [0.25, 0.3) is 6.08 Å². The molecular formula is C16H8BrClN2O4. The van der Waals surface area contributed by atoms with Crippen molar-refractivity contribution >= 4 is 45.5 Å². The smallest absolute Gasteiger partial charge is 0.363 e. The van der Waals surface area contributed by atoms with Gasteiger partial charge in [0.25, 0.3) is 0 Å². The maximum Gasteiger partial charge on any atom is 0.363 e. The van der Waals surface area contributed by atoms with E-state index in [0.29, 0.717) is 22.2 Å². The third-order valence-corrected chi connectivity index (χ3v) is 4.14. The van der Waals surface area contributed by atoms with E-state index in [4.69, 9.17) is 25.8 Å². The number of fused-ring (bicyclic) bond motifs is 1. The van der Waals surface area contributed by atoms with Gasteiger partial charge in [-0.3, -0.25) is 4.98 Å². The van der Waals surface area contributed by atoms with Crippen molar-refractivity contribution in [1.29, 1.82) is 0 Å². The lowest BCUT2D eigenvalue weighted by atomic mass is 10.1. The van der Waals surface area contributed by atoms with Crippen LogP contribution in [0.5, 0.6) is 11.5 Å². The molecule has 120 valence electrons. The van der Waals surface area contributed by atoms with Gasteiger partial charge in [0.15, 0.2) is 17.2 Å². The van der Waals surface area contributed by atoms with Gasteiger partial charge >= 0.3 is 5.97 Å². The Hall–Kier alpha value is -2.38. The summed E-state index contributed by atoms with van der Waals surface area (Å²) in [7, 11) is 0. The van der Waals surface area contributed by atoms with E-state index in [-0.39, 0.29) is 18.4 Å². The van der Waals surface area contributed by atoms with E-state index in [1.807, 2.05) is 0 Å². The topological polar surface area (TPSA) is 70.0 Å². The minimum atomic E-state index is -0.555. The van der Waals surface area contributed by atoms with Crippen molar-refractivity contribution in [2.75, 3.05) is 6.79 Å². The van der Waals surface area contributed by atoms with Gasteiger partial charge in [-0.1, -0.05) is 11.6 Å². The molecule has 0 aliphatic carbocycles. The molecule has 2 aliphatic rings. The number of cyclic esters (lactones) is 1. The Labute approximate surface area is 149 Å². The van der Waals surface area contributed by atoms with Crippen LogP contribution >= 0.6 is 27.5 Å². The number of nitrogens with zero attached hydrogens (tertiary/aromatic N) is 2.